The molecule has 18 heavy (non-hydrogen) atoms. The second-order valence-corrected chi connectivity index (χ2v) is 4.74. The highest BCUT2D eigenvalue weighted by Crippen LogP contribution is 2.49. The predicted octanol–water partition coefficient (Wildman–Crippen LogP) is 1.31. The molecule has 96 valence electrons. The van der Waals surface area contributed by atoms with Crippen molar-refractivity contribution in [3.8, 4) is 0 Å². The summed E-state index contributed by atoms with van der Waals surface area (Å²) >= 11 is 0. The van der Waals surface area contributed by atoms with Crippen LogP contribution in [0.2, 0.25) is 0 Å². The first-order chi connectivity index (χ1) is 8.58. The Hall–Kier alpha value is -1.84. The Bertz CT molecular complexity index is 460. The van der Waals surface area contributed by atoms with E-state index in [1.165, 1.54) is 7.11 Å². The van der Waals surface area contributed by atoms with Crippen LogP contribution in [0.1, 0.15) is 30.4 Å². The van der Waals surface area contributed by atoms with Crippen LogP contribution in [0, 0.1) is 0 Å². The second kappa shape index (κ2) is 4.80. The third-order valence-corrected chi connectivity index (χ3v) is 3.49. The standard InChI is InChI=1S/C14H17NO3/c1-18-13(17)14(8-9-14)11-5-2-10(3-6-11)4-7-12(15)16/h2-3,5-6H,4,7-9H2,1H3,(H2,15,16). The van der Waals surface area contributed by atoms with E-state index in [1.807, 2.05) is 24.3 Å². The van der Waals surface area contributed by atoms with Crippen molar-refractivity contribution in [2.75, 3.05) is 7.11 Å². The summed E-state index contributed by atoms with van der Waals surface area (Å²) in [7, 11) is 1.42. The van der Waals surface area contributed by atoms with Gasteiger partial charge in [0.25, 0.3) is 0 Å². The molecule has 1 amide bonds. The fraction of sp³-hybridized carbons (Fsp3) is 0.429. The number of methoxy groups -OCH3 is 1. The third kappa shape index (κ3) is 2.37. The van der Waals surface area contributed by atoms with Gasteiger partial charge in [0.2, 0.25) is 5.91 Å². The van der Waals surface area contributed by atoms with Crippen molar-refractivity contribution in [1.82, 2.24) is 0 Å². The monoisotopic (exact) mass is 247 g/mol. The first-order valence-electron chi connectivity index (χ1n) is 6.04. The molecule has 1 aromatic carbocycles. The second-order valence-electron chi connectivity index (χ2n) is 4.74. The van der Waals surface area contributed by atoms with Crippen LogP contribution in [-0.4, -0.2) is 19.0 Å². The van der Waals surface area contributed by atoms with Crippen LogP contribution in [-0.2, 0) is 26.2 Å². The number of aryl methyl sites for hydroxylation is 1. The molecular weight excluding hydrogens is 230 g/mol. The van der Waals surface area contributed by atoms with Gasteiger partial charge in [-0.1, -0.05) is 24.3 Å². The van der Waals surface area contributed by atoms with Gasteiger partial charge in [-0.3, -0.25) is 9.59 Å². The van der Waals surface area contributed by atoms with E-state index >= 15 is 0 Å². The molecule has 2 N–H and O–H groups in total. The normalized spacial score (nSPS) is 16.1. The highest BCUT2D eigenvalue weighted by molar-refractivity contribution is 5.86. The number of hydrogen-bond acceptors (Lipinski definition) is 3. The number of rotatable bonds is 5. The third-order valence-electron chi connectivity index (χ3n) is 3.49. The average Bonchev–Trinajstić information content (AvgIpc) is 3.17. The molecular formula is C14H17NO3. The zero-order chi connectivity index (χ0) is 13.2. The number of carbonyl (C=O) groups excluding carboxylic acids is 2. The Labute approximate surface area is 106 Å². The number of hydrogen-bond donors (Lipinski definition) is 1. The number of esters is 1. The van der Waals surface area contributed by atoms with Crippen molar-refractivity contribution in [1.29, 1.82) is 0 Å². The highest BCUT2D eigenvalue weighted by atomic mass is 16.5. The molecule has 1 fully saturated rings. The number of ether oxygens (including phenoxy) is 1. The van der Waals surface area contributed by atoms with Gasteiger partial charge in [0.1, 0.15) is 0 Å². The van der Waals surface area contributed by atoms with Gasteiger partial charge in [-0.2, -0.15) is 0 Å². The number of primary amides is 1. The van der Waals surface area contributed by atoms with Gasteiger partial charge in [0, 0.05) is 6.42 Å². The smallest absolute Gasteiger partial charge is 0.316 e. The topological polar surface area (TPSA) is 69.4 Å². The van der Waals surface area contributed by atoms with Gasteiger partial charge in [0.15, 0.2) is 0 Å². The molecule has 0 spiro atoms. The van der Waals surface area contributed by atoms with Gasteiger partial charge in [-0.25, -0.2) is 0 Å². The largest absolute Gasteiger partial charge is 0.468 e. The number of nitrogens with two attached hydrogens (primary N) is 1. The van der Waals surface area contributed by atoms with E-state index in [4.69, 9.17) is 10.5 Å². The summed E-state index contributed by atoms with van der Waals surface area (Å²) in [5.74, 6) is -0.459. The van der Waals surface area contributed by atoms with Crippen molar-refractivity contribution in [2.24, 2.45) is 5.73 Å². The number of amides is 1. The van der Waals surface area contributed by atoms with E-state index in [-0.39, 0.29) is 11.9 Å². The lowest BCUT2D eigenvalue weighted by Gasteiger charge is -2.13. The highest BCUT2D eigenvalue weighted by Gasteiger charge is 2.52. The fourth-order valence-electron chi connectivity index (χ4n) is 2.19. The van der Waals surface area contributed by atoms with Gasteiger partial charge < -0.3 is 10.5 Å². The quantitative estimate of drug-likeness (QED) is 0.797. The molecule has 0 radical (unpaired) electrons. The average molecular weight is 247 g/mol. The fourth-order valence-corrected chi connectivity index (χ4v) is 2.19. The number of carbonyl (C=O) groups is 2. The summed E-state index contributed by atoms with van der Waals surface area (Å²) in [6, 6.07) is 7.78. The van der Waals surface area contributed by atoms with Crippen LogP contribution < -0.4 is 5.73 Å². The van der Waals surface area contributed by atoms with Crippen LogP contribution in [0.15, 0.2) is 24.3 Å². The minimum absolute atomic E-state index is 0.160. The molecule has 4 heteroatoms. The molecule has 0 saturated heterocycles. The molecule has 0 aliphatic heterocycles. The first-order valence-corrected chi connectivity index (χ1v) is 6.04. The number of benzene rings is 1. The molecule has 0 aromatic heterocycles. The SMILES string of the molecule is COC(=O)C1(c2ccc(CCC(N)=O)cc2)CC1. The lowest BCUT2D eigenvalue weighted by molar-refractivity contribution is -0.143. The molecule has 1 aliphatic carbocycles. The van der Waals surface area contributed by atoms with Gasteiger partial charge in [0.05, 0.1) is 12.5 Å². The Balaban J connectivity index is 2.08. The van der Waals surface area contributed by atoms with Gasteiger partial charge in [-0.15, -0.1) is 0 Å². The minimum Gasteiger partial charge on any atom is -0.468 e. The molecule has 1 aliphatic rings. The van der Waals surface area contributed by atoms with Gasteiger partial charge >= 0.3 is 5.97 Å². The van der Waals surface area contributed by atoms with Crippen molar-refractivity contribution in [2.45, 2.75) is 31.1 Å². The lowest BCUT2D eigenvalue weighted by atomic mass is 9.94. The van der Waals surface area contributed by atoms with Crippen LogP contribution in [0.4, 0.5) is 0 Å². The van der Waals surface area contributed by atoms with Gasteiger partial charge in [-0.05, 0) is 30.4 Å². The van der Waals surface area contributed by atoms with Crippen LogP contribution in [0.3, 0.4) is 0 Å². The summed E-state index contributed by atoms with van der Waals surface area (Å²) in [6.07, 6.45) is 2.68. The molecule has 1 aromatic rings. The summed E-state index contributed by atoms with van der Waals surface area (Å²) in [6.45, 7) is 0. The zero-order valence-electron chi connectivity index (χ0n) is 10.4. The first kappa shape index (κ1) is 12.6. The van der Waals surface area contributed by atoms with Crippen molar-refractivity contribution in [3.05, 3.63) is 35.4 Å². The Morgan fingerprint density at radius 3 is 2.33 bits per heavy atom. The van der Waals surface area contributed by atoms with Crippen LogP contribution >= 0.6 is 0 Å². The maximum absolute atomic E-state index is 11.7. The molecule has 1 saturated carbocycles. The van der Waals surface area contributed by atoms with E-state index in [9.17, 15) is 9.59 Å². The molecule has 0 heterocycles. The molecule has 4 nitrogen and oxygen atoms in total. The summed E-state index contributed by atoms with van der Waals surface area (Å²) < 4.78 is 4.84. The minimum atomic E-state index is -0.420. The van der Waals surface area contributed by atoms with Crippen molar-refractivity contribution >= 4 is 11.9 Å². The van der Waals surface area contributed by atoms with Crippen LogP contribution in [0.5, 0.6) is 0 Å². The summed E-state index contributed by atoms with van der Waals surface area (Å²) in [5.41, 5.74) is 6.74. The summed E-state index contributed by atoms with van der Waals surface area (Å²) in [4.78, 5) is 22.4. The van der Waals surface area contributed by atoms with Crippen LogP contribution in [0.25, 0.3) is 0 Å². The molecule has 2 rings (SSSR count). The Morgan fingerprint density at radius 2 is 1.89 bits per heavy atom. The molecule has 0 unspecified atom stereocenters. The summed E-state index contributed by atoms with van der Waals surface area (Å²) in [5, 5.41) is 0. The molecule has 0 bridgehead atoms. The maximum atomic E-state index is 11.7. The van der Waals surface area contributed by atoms with E-state index in [0.29, 0.717) is 12.8 Å². The van der Waals surface area contributed by atoms with E-state index in [2.05, 4.69) is 0 Å². The molecule has 0 atom stereocenters. The maximum Gasteiger partial charge on any atom is 0.316 e. The van der Waals surface area contributed by atoms with E-state index < -0.39 is 5.41 Å². The lowest BCUT2D eigenvalue weighted by Crippen LogP contribution is -2.21. The Kier molecular flexibility index (Phi) is 3.36. The predicted molar refractivity (Wildman–Crippen MR) is 66.9 cm³/mol. The zero-order valence-corrected chi connectivity index (χ0v) is 10.4. The van der Waals surface area contributed by atoms with Crippen molar-refractivity contribution < 1.29 is 14.3 Å². The van der Waals surface area contributed by atoms with E-state index in [1.54, 1.807) is 0 Å². The Morgan fingerprint density at radius 1 is 1.28 bits per heavy atom. The van der Waals surface area contributed by atoms with Crippen molar-refractivity contribution in [3.63, 3.8) is 0 Å². The van der Waals surface area contributed by atoms with E-state index in [0.717, 1.165) is 24.0 Å².